The van der Waals surface area contributed by atoms with Gasteiger partial charge < -0.3 is 9.47 Å². The molecular weight excluding hydrogens is 338 g/mol. The van der Waals surface area contributed by atoms with Crippen molar-refractivity contribution in [1.29, 1.82) is 0 Å². The highest BCUT2D eigenvalue weighted by Crippen LogP contribution is 2.34. The summed E-state index contributed by atoms with van der Waals surface area (Å²) in [6.45, 7) is 1.68. The van der Waals surface area contributed by atoms with E-state index in [4.69, 9.17) is 21.1 Å². The van der Waals surface area contributed by atoms with Crippen LogP contribution in [-0.2, 0) is 10.0 Å². The molecule has 0 aliphatic carbocycles. The number of anilines is 1. The van der Waals surface area contributed by atoms with E-state index in [0.717, 1.165) is 0 Å². The van der Waals surface area contributed by atoms with Crippen molar-refractivity contribution < 1.29 is 17.9 Å². The van der Waals surface area contributed by atoms with E-state index in [-0.39, 0.29) is 4.90 Å². The minimum absolute atomic E-state index is 0.169. The molecule has 0 amide bonds. The Hall–Kier alpha value is -1.92. The summed E-state index contributed by atoms with van der Waals surface area (Å²) in [5.41, 5.74) is 0.975. The van der Waals surface area contributed by atoms with E-state index in [0.29, 0.717) is 27.8 Å². The molecule has 0 saturated carbocycles. The van der Waals surface area contributed by atoms with Gasteiger partial charge in [0.1, 0.15) is 0 Å². The van der Waals surface area contributed by atoms with Crippen molar-refractivity contribution in [2.75, 3.05) is 25.6 Å². The Labute approximate surface area is 141 Å². The number of benzene rings is 2. The maximum Gasteiger partial charge on any atom is 0.264 e. The minimum Gasteiger partial charge on any atom is -0.493 e. The molecule has 2 aromatic carbocycles. The van der Waals surface area contributed by atoms with Gasteiger partial charge in [-0.25, -0.2) is 8.42 Å². The zero-order chi connectivity index (χ0) is 17.2. The lowest BCUT2D eigenvalue weighted by Crippen LogP contribution is -2.27. The van der Waals surface area contributed by atoms with Gasteiger partial charge in [0.25, 0.3) is 10.0 Å². The molecule has 0 aromatic heterocycles. The van der Waals surface area contributed by atoms with Gasteiger partial charge in [0.05, 0.1) is 24.8 Å². The zero-order valence-corrected chi connectivity index (χ0v) is 14.9. The third-order valence-electron chi connectivity index (χ3n) is 3.59. The Bertz CT molecular complexity index is 821. The molecule has 0 heterocycles. The largest absolute Gasteiger partial charge is 0.493 e. The van der Waals surface area contributed by atoms with Gasteiger partial charge in [-0.05, 0) is 36.8 Å². The van der Waals surface area contributed by atoms with E-state index in [1.54, 1.807) is 37.3 Å². The van der Waals surface area contributed by atoms with Crippen LogP contribution in [0.1, 0.15) is 5.56 Å². The van der Waals surface area contributed by atoms with E-state index in [1.807, 2.05) is 0 Å². The molecule has 0 aliphatic heterocycles. The predicted octanol–water partition coefficient (Wildman–Crippen LogP) is 3.49. The van der Waals surface area contributed by atoms with E-state index in [1.165, 1.54) is 31.6 Å². The summed E-state index contributed by atoms with van der Waals surface area (Å²) in [4.78, 5) is 0.169. The molecular formula is C16H18ClNO4S. The molecule has 0 radical (unpaired) electrons. The Kier molecular flexibility index (Phi) is 5.06. The number of methoxy groups -OCH3 is 2. The van der Waals surface area contributed by atoms with Gasteiger partial charge >= 0.3 is 0 Å². The van der Waals surface area contributed by atoms with Gasteiger partial charge in [-0.15, -0.1) is 0 Å². The zero-order valence-electron chi connectivity index (χ0n) is 13.3. The fourth-order valence-electron chi connectivity index (χ4n) is 2.17. The predicted molar refractivity (Wildman–Crippen MR) is 91.3 cm³/mol. The number of rotatable bonds is 5. The molecule has 0 unspecified atom stereocenters. The van der Waals surface area contributed by atoms with E-state index >= 15 is 0 Å². The molecule has 5 nitrogen and oxygen atoms in total. The van der Waals surface area contributed by atoms with Crippen molar-refractivity contribution in [2.45, 2.75) is 11.8 Å². The molecule has 0 spiro atoms. The Morgan fingerprint density at radius 3 is 2.30 bits per heavy atom. The van der Waals surface area contributed by atoms with Crippen LogP contribution in [0.3, 0.4) is 0 Å². The van der Waals surface area contributed by atoms with Crippen LogP contribution in [0.2, 0.25) is 5.02 Å². The smallest absolute Gasteiger partial charge is 0.264 e. The van der Waals surface area contributed by atoms with E-state index in [9.17, 15) is 8.42 Å². The number of halogens is 1. The Morgan fingerprint density at radius 2 is 1.70 bits per heavy atom. The second-order valence-corrected chi connectivity index (χ2v) is 7.22. The fourth-order valence-corrected chi connectivity index (χ4v) is 3.84. The van der Waals surface area contributed by atoms with Crippen molar-refractivity contribution in [3.63, 3.8) is 0 Å². The van der Waals surface area contributed by atoms with Gasteiger partial charge in [0.15, 0.2) is 11.5 Å². The highest BCUT2D eigenvalue weighted by atomic mass is 35.5. The molecule has 0 N–H and O–H groups in total. The van der Waals surface area contributed by atoms with Crippen molar-refractivity contribution in [3.8, 4) is 11.5 Å². The highest BCUT2D eigenvalue weighted by molar-refractivity contribution is 7.92. The molecule has 7 heteroatoms. The number of nitrogens with zero attached hydrogens (tertiary/aromatic N) is 1. The molecule has 0 bridgehead atoms. The van der Waals surface area contributed by atoms with Gasteiger partial charge in [0, 0.05) is 18.1 Å². The van der Waals surface area contributed by atoms with Crippen LogP contribution in [0, 0.1) is 6.92 Å². The molecule has 2 aromatic rings. The van der Waals surface area contributed by atoms with Crippen LogP contribution in [-0.4, -0.2) is 29.7 Å². The van der Waals surface area contributed by atoms with Crippen molar-refractivity contribution in [1.82, 2.24) is 0 Å². The molecule has 23 heavy (non-hydrogen) atoms. The van der Waals surface area contributed by atoms with Gasteiger partial charge in [-0.3, -0.25) is 4.31 Å². The molecule has 2 rings (SSSR count). The maximum absolute atomic E-state index is 12.9. The third-order valence-corrected chi connectivity index (χ3v) is 5.93. The normalized spacial score (nSPS) is 11.2. The number of sulfonamides is 1. The lowest BCUT2D eigenvalue weighted by atomic mass is 10.2. The van der Waals surface area contributed by atoms with Crippen molar-refractivity contribution in [2.24, 2.45) is 0 Å². The fraction of sp³-hybridized carbons (Fsp3) is 0.250. The van der Waals surface area contributed by atoms with Crippen LogP contribution in [0.15, 0.2) is 41.3 Å². The average Bonchev–Trinajstić information content (AvgIpc) is 2.55. The summed E-state index contributed by atoms with van der Waals surface area (Å²) < 4.78 is 37.3. The summed E-state index contributed by atoms with van der Waals surface area (Å²) in [6.07, 6.45) is 0. The Morgan fingerprint density at radius 1 is 1.04 bits per heavy atom. The second kappa shape index (κ2) is 6.68. The summed E-state index contributed by atoms with van der Waals surface area (Å²) in [7, 11) is 0.764. The molecule has 0 atom stereocenters. The first-order chi connectivity index (χ1) is 10.8. The van der Waals surface area contributed by atoms with Crippen LogP contribution in [0.5, 0.6) is 11.5 Å². The van der Waals surface area contributed by atoms with Gasteiger partial charge in [-0.1, -0.05) is 17.7 Å². The first-order valence-electron chi connectivity index (χ1n) is 6.79. The maximum atomic E-state index is 12.9. The van der Waals surface area contributed by atoms with E-state index in [2.05, 4.69) is 0 Å². The average molecular weight is 356 g/mol. The van der Waals surface area contributed by atoms with Gasteiger partial charge in [-0.2, -0.15) is 0 Å². The summed E-state index contributed by atoms with van der Waals surface area (Å²) >= 11 is 6.04. The highest BCUT2D eigenvalue weighted by Gasteiger charge is 2.24. The SMILES string of the molecule is COc1ccc(N(C)S(=O)(=O)c2cccc(Cl)c2C)cc1OC. The molecule has 0 aliphatic rings. The van der Waals surface area contributed by atoms with Gasteiger partial charge in [0.2, 0.25) is 0 Å². The first kappa shape index (κ1) is 17.4. The quantitative estimate of drug-likeness (QED) is 0.823. The molecule has 0 saturated heterocycles. The van der Waals surface area contributed by atoms with Crippen molar-refractivity contribution >= 4 is 27.3 Å². The number of ether oxygens (including phenoxy) is 2. The van der Waals surface area contributed by atoms with Crippen molar-refractivity contribution in [3.05, 3.63) is 47.0 Å². The van der Waals surface area contributed by atoms with E-state index < -0.39 is 10.0 Å². The summed E-state index contributed by atoms with van der Waals surface area (Å²) in [5, 5.41) is 0.409. The first-order valence-corrected chi connectivity index (χ1v) is 8.60. The van der Waals surface area contributed by atoms with Crippen LogP contribution in [0.4, 0.5) is 5.69 Å². The minimum atomic E-state index is -3.74. The topological polar surface area (TPSA) is 55.8 Å². The molecule has 124 valence electrons. The summed E-state index contributed by atoms with van der Waals surface area (Å²) in [6, 6.07) is 9.73. The third kappa shape index (κ3) is 3.23. The summed E-state index contributed by atoms with van der Waals surface area (Å²) in [5.74, 6) is 0.982. The Balaban J connectivity index is 2.50. The van der Waals surface area contributed by atoms with Crippen LogP contribution < -0.4 is 13.8 Å². The molecule has 0 fully saturated rings. The lowest BCUT2D eigenvalue weighted by Gasteiger charge is -2.22. The number of hydrogen-bond donors (Lipinski definition) is 0. The second-order valence-electron chi connectivity index (χ2n) is 4.87. The monoisotopic (exact) mass is 355 g/mol. The van der Waals surface area contributed by atoms with Crippen LogP contribution >= 0.6 is 11.6 Å². The lowest BCUT2D eigenvalue weighted by molar-refractivity contribution is 0.355. The number of hydrogen-bond acceptors (Lipinski definition) is 4. The van der Waals surface area contributed by atoms with Crippen LogP contribution in [0.25, 0.3) is 0 Å². The standard InChI is InChI=1S/C16H18ClNO4S/c1-11-13(17)6-5-7-16(11)23(19,20)18(2)12-8-9-14(21-3)15(10-12)22-4/h5-10H,1-4H3.